The van der Waals surface area contributed by atoms with Gasteiger partial charge in [-0.3, -0.25) is 0 Å². The Hall–Kier alpha value is -0.830. The van der Waals surface area contributed by atoms with E-state index in [1.54, 1.807) is 12.1 Å². The number of aryl methyl sites for hydroxylation is 1. The van der Waals surface area contributed by atoms with Crippen LogP contribution in [0.5, 0.6) is 0 Å². The summed E-state index contributed by atoms with van der Waals surface area (Å²) in [5, 5.41) is 1.01. The summed E-state index contributed by atoms with van der Waals surface area (Å²) in [6.45, 7) is 0. The topological polar surface area (TPSA) is 26.3 Å². The average Bonchev–Trinajstić information content (AvgIpc) is 2.26. The van der Waals surface area contributed by atoms with E-state index < -0.39 is 0 Å². The molecule has 1 rings (SSSR count). The third kappa shape index (κ3) is 3.14. The van der Waals surface area contributed by atoms with E-state index in [1.165, 1.54) is 12.7 Å². The van der Waals surface area contributed by atoms with Crippen molar-refractivity contribution in [2.24, 2.45) is 0 Å². The van der Waals surface area contributed by atoms with Crippen LogP contribution >= 0.6 is 15.9 Å². The predicted octanol–water partition coefficient (Wildman–Crippen LogP) is 2.80. The lowest BCUT2D eigenvalue weighted by Gasteiger charge is -2.01. The Balaban J connectivity index is 2.63. The number of benzene rings is 1. The molecular weight excluding hydrogens is 244 g/mol. The summed E-state index contributed by atoms with van der Waals surface area (Å²) in [6.07, 6.45) is 2.14. The number of halogens is 1. The fourth-order valence-electron chi connectivity index (χ4n) is 1.20. The molecule has 0 amide bonds. The molecule has 0 radical (unpaired) electrons. The molecule has 1 aromatic rings. The van der Waals surface area contributed by atoms with E-state index in [2.05, 4.69) is 20.7 Å². The first-order valence-electron chi connectivity index (χ1n) is 4.51. The smallest absolute Gasteiger partial charge is 0.337 e. The largest absolute Gasteiger partial charge is 0.465 e. The Bertz CT molecular complexity index is 293. The zero-order valence-electron chi connectivity index (χ0n) is 8.13. The van der Waals surface area contributed by atoms with Crippen LogP contribution in [0.3, 0.4) is 0 Å². The molecule has 0 N–H and O–H groups in total. The molecule has 0 aliphatic heterocycles. The van der Waals surface area contributed by atoms with Gasteiger partial charge in [-0.1, -0.05) is 28.1 Å². The van der Waals surface area contributed by atoms with Gasteiger partial charge in [-0.2, -0.15) is 0 Å². The molecule has 3 heteroatoms. The minimum absolute atomic E-state index is 0.281. The molecule has 0 atom stereocenters. The Morgan fingerprint density at radius 2 is 2.00 bits per heavy atom. The summed E-state index contributed by atoms with van der Waals surface area (Å²) in [6, 6.07) is 7.54. The van der Waals surface area contributed by atoms with Crippen LogP contribution in [0.25, 0.3) is 0 Å². The molecule has 0 fully saturated rings. The summed E-state index contributed by atoms with van der Waals surface area (Å²) < 4.78 is 4.61. The molecular formula is C11H13BrO2. The van der Waals surface area contributed by atoms with Crippen molar-refractivity contribution in [3.63, 3.8) is 0 Å². The molecule has 0 spiro atoms. The van der Waals surface area contributed by atoms with Crippen molar-refractivity contribution in [1.29, 1.82) is 0 Å². The Morgan fingerprint density at radius 1 is 1.36 bits per heavy atom. The van der Waals surface area contributed by atoms with Crippen LogP contribution in [0.2, 0.25) is 0 Å². The second-order valence-corrected chi connectivity index (χ2v) is 3.77. The number of carbonyl (C=O) groups excluding carboxylic acids is 1. The number of methoxy groups -OCH3 is 1. The summed E-state index contributed by atoms with van der Waals surface area (Å²) in [7, 11) is 1.39. The molecule has 0 aliphatic rings. The van der Waals surface area contributed by atoms with Crippen molar-refractivity contribution in [3.05, 3.63) is 35.4 Å². The first-order valence-corrected chi connectivity index (χ1v) is 5.63. The highest BCUT2D eigenvalue weighted by molar-refractivity contribution is 9.09. The monoisotopic (exact) mass is 256 g/mol. The van der Waals surface area contributed by atoms with E-state index in [-0.39, 0.29) is 5.97 Å². The van der Waals surface area contributed by atoms with E-state index in [1.807, 2.05) is 12.1 Å². The highest BCUT2D eigenvalue weighted by Gasteiger charge is 2.03. The van der Waals surface area contributed by atoms with Crippen molar-refractivity contribution in [2.75, 3.05) is 12.4 Å². The maximum Gasteiger partial charge on any atom is 0.337 e. The summed E-state index contributed by atoms with van der Waals surface area (Å²) in [5.41, 5.74) is 1.85. The molecule has 0 unspecified atom stereocenters. The molecule has 0 aromatic heterocycles. The third-order valence-corrected chi connectivity index (χ3v) is 2.53. The lowest BCUT2D eigenvalue weighted by atomic mass is 10.1. The van der Waals surface area contributed by atoms with Crippen molar-refractivity contribution in [2.45, 2.75) is 12.8 Å². The minimum atomic E-state index is -0.281. The van der Waals surface area contributed by atoms with Crippen LogP contribution in [0, 0.1) is 0 Å². The lowest BCUT2D eigenvalue weighted by Crippen LogP contribution is -2.00. The van der Waals surface area contributed by atoms with Gasteiger partial charge in [0.2, 0.25) is 0 Å². The van der Waals surface area contributed by atoms with Crippen LogP contribution in [0.15, 0.2) is 24.3 Å². The van der Waals surface area contributed by atoms with E-state index in [0.29, 0.717) is 5.56 Å². The second-order valence-electron chi connectivity index (χ2n) is 2.98. The van der Waals surface area contributed by atoms with Crippen LogP contribution in [-0.2, 0) is 11.2 Å². The summed E-state index contributed by atoms with van der Waals surface area (Å²) in [4.78, 5) is 11.1. The number of esters is 1. The Labute approximate surface area is 92.4 Å². The van der Waals surface area contributed by atoms with Gasteiger partial charge in [0.1, 0.15) is 0 Å². The highest BCUT2D eigenvalue weighted by atomic mass is 79.9. The summed E-state index contributed by atoms with van der Waals surface area (Å²) in [5.74, 6) is -0.281. The van der Waals surface area contributed by atoms with Gasteiger partial charge in [-0.25, -0.2) is 4.79 Å². The van der Waals surface area contributed by atoms with Crippen LogP contribution in [0.1, 0.15) is 22.3 Å². The van der Waals surface area contributed by atoms with Crippen molar-refractivity contribution >= 4 is 21.9 Å². The molecule has 0 bridgehead atoms. The molecule has 2 nitrogen and oxygen atoms in total. The Kier molecular flexibility index (Phi) is 4.66. The molecule has 0 saturated carbocycles. The third-order valence-electron chi connectivity index (χ3n) is 1.97. The van der Waals surface area contributed by atoms with E-state index in [4.69, 9.17) is 0 Å². The van der Waals surface area contributed by atoms with Crippen LogP contribution < -0.4 is 0 Å². The van der Waals surface area contributed by atoms with Crippen molar-refractivity contribution in [1.82, 2.24) is 0 Å². The van der Waals surface area contributed by atoms with Crippen molar-refractivity contribution < 1.29 is 9.53 Å². The van der Waals surface area contributed by atoms with Gasteiger partial charge in [0.05, 0.1) is 12.7 Å². The van der Waals surface area contributed by atoms with Crippen LogP contribution in [0.4, 0.5) is 0 Å². The standard InChI is InChI=1S/C11H13BrO2/c1-14-11(13)10-6-4-9(5-7-10)3-2-8-12/h4-7H,2-3,8H2,1H3. The van der Waals surface area contributed by atoms with Gasteiger partial charge < -0.3 is 4.74 Å². The van der Waals surface area contributed by atoms with Gasteiger partial charge in [0.25, 0.3) is 0 Å². The zero-order valence-corrected chi connectivity index (χ0v) is 9.71. The zero-order chi connectivity index (χ0) is 10.4. The fraction of sp³-hybridized carbons (Fsp3) is 0.364. The van der Waals surface area contributed by atoms with E-state index in [9.17, 15) is 4.79 Å². The van der Waals surface area contributed by atoms with Gasteiger partial charge in [0, 0.05) is 5.33 Å². The molecule has 0 aliphatic carbocycles. The maximum atomic E-state index is 11.1. The fourth-order valence-corrected chi connectivity index (χ4v) is 1.48. The van der Waals surface area contributed by atoms with Gasteiger partial charge in [-0.05, 0) is 30.5 Å². The van der Waals surface area contributed by atoms with Gasteiger partial charge >= 0.3 is 5.97 Å². The number of ether oxygens (including phenoxy) is 1. The second kappa shape index (κ2) is 5.81. The van der Waals surface area contributed by atoms with E-state index >= 15 is 0 Å². The first kappa shape index (κ1) is 11.2. The molecule has 0 heterocycles. The number of rotatable bonds is 4. The van der Waals surface area contributed by atoms with Crippen molar-refractivity contribution in [3.8, 4) is 0 Å². The SMILES string of the molecule is COC(=O)c1ccc(CCCBr)cc1. The molecule has 76 valence electrons. The van der Waals surface area contributed by atoms with Gasteiger partial charge in [0.15, 0.2) is 0 Å². The number of hydrogen-bond acceptors (Lipinski definition) is 2. The maximum absolute atomic E-state index is 11.1. The minimum Gasteiger partial charge on any atom is -0.465 e. The quantitative estimate of drug-likeness (QED) is 0.612. The molecule has 1 aromatic carbocycles. The highest BCUT2D eigenvalue weighted by Crippen LogP contribution is 2.08. The lowest BCUT2D eigenvalue weighted by molar-refractivity contribution is 0.0600. The number of hydrogen-bond donors (Lipinski definition) is 0. The number of alkyl halides is 1. The predicted molar refractivity (Wildman–Crippen MR) is 59.9 cm³/mol. The summed E-state index contributed by atoms with van der Waals surface area (Å²) >= 11 is 3.38. The van der Waals surface area contributed by atoms with Crippen LogP contribution in [-0.4, -0.2) is 18.4 Å². The Morgan fingerprint density at radius 3 is 2.50 bits per heavy atom. The molecule has 0 saturated heterocycles. The van der Waals surface area contributed by atoms with E-state index in [0.717, 1.165) is 18.2 Å². The number of carbonyl (C=O) groups is 1. The first-order chi connectivity index (χ1) is 6.77. The average molecular weight is 257 g/mol. The molecule has 14 heavy (non-hydrogen) atoms. The normalized spacial score (nSPS) is 9.86. The van der Waals surface area contributed by atoms with Gasteiger partial charge in [-0.15, -0.1) is 0 Å².